The van der Waals surface area contributed by atoms with E-state index in [1.165, 1.54) is 0 Å². The van der Waals surface area contributed by atoms with E-state index in [2.05, 4.69) is 15.9 Å². The molecule has 1 fully saturated rings. The molecule has 0 spiro atoms. The molecule has 4 heteroatoms. The molecule has 0 bridgehead atoms. The zero-order chi connectivity index (χ0) is 11.0. The monoisotopic (exact) mass is 269 g/mol. The van der Waals surface area contributed by atoms with Gasteiger partial charge in [-0.05, 0) is 34.5 Å². The first-order chi connectivity index (χ1) is 7.09. The maximum atomic E-state index is 11.9. The Morgan fingerprint density at radius 2 is 2.20 bits per heavy atom. The van der Waals surface area contributed by atoms with Crippen molar-refractivity contribution < 1.29 is 9.90 Å². The van der Waals surface area contributed by atoms with Gasteiger partial charge in [-0.2, -0.15) is 0 Å². The van der Waals surface area contributed by atoms with E-state index in [1.54, 1.807) is 11.0 Å². The van der Waals surface area contributed by atoms with E-state index in [0.717, 1.165) is 10.0 Å². The molecular formula is C11H12BrNO2. The smallest absolute Gasteiger partial charge is 0.255 e. The van der Waals surface area contributed by atoms with Crippen molar-refractivity contribution in [3.63, 3.8) is 0 Å². The van der Waals surface area contributed by atoms with Crippen molar-refractivity contribution in [2.75, 3.05) is 13.1 Å². The number of rotatable bonds is 1. The summed E-state index contributed by atoms with van der Waals surface area (Å²) in [6.07, 6.45) is -0.350. The minimum atomic E-state index is -0.350. The van der Waals surface area contributed by atoms with Gasteiger partial charge in [0, 0.05) is 17.6 Å². The average molecular weight is 270 g/mol. The average Bonchev–Trinajstić information content (AvgIpc) is 2.16. The molecule has 0 unspecified atom stereocenters. The van der Waals surface area contributed by atoms with Gasteiger partial charge in [-0.25, -0.2) is 0 Å². The molecule has 0 aliphatic carbocycles. The van der Waals surface area contributed by atoms with Gasteiger partial charge in [0.15, 0.2) is 0 Å². The first-order valence-corrected chi connectivity index (χ1v) is 5.61. The van der Waals surface area contributed by atoms with Crippen LogP contribution in [0.2, 0.25) is 0 Å². The first kappa shape index (κ1) is 10.6. The van der Waals surface area contributed by atoms with Crippen LogP contribution in [0.15, 0.2) is 22.7 Å². The summed E-state index contributed by atoms with van der Waals surface area (Å²) < 4.78 is 0.844. The maximum Gasteiger partial charge on any atom is 0.255 e. The lowest BCUT2D eigenvalue weighted by molar-refractivity contribution is 0.00582. The van der Waals surface area contributed by atoms with Gasteiger partial charge >= 0.3 is 0 Å². The molecule has 1 N–H and O–H groups in total. The molecule has 1 saturated heterocycles. The van der Waals surface area contributed by atoms with Crippen LogP contribution in [0, 0.1) is 6.92 Å². The van der Waals surface area contributed by atoms with Crippen LogP contribution < -0.4 is 0 Å². The van der Waals surface area contributed by atoms with E-state index in [0.29, 0.717) is 18.7 Å². The number of aliphatic hydroxyl groups is 1. The molecule has 15 heavy (non-hydrogen) atoms. The predicted molar refractivity (Wildman–Crippen MR) is 60.8 cm³/mol. The van der Waals surface area contributed by atoms with Crippen molar-refractivity contribution >= 4 is 21.8 Å². The summed E-state index contributed by atoms with van der Waals surface area (Å²) in [4.78, 5) is 13.6. The highest BCUT2D eigenvalue weighted by Crippen LogP contribution is 2.24. The highest BCUT2D eigenvalue weighted by atomic mass is 79.9. The predicted octanol–water partition coefficient (Wildman–Crippen LogP) is 1.57. The van der Waals surface area contributed by atoms with Crippen LogP contribution in [-0.4, -0.2) is 35.1 Å². The van der Waals surface area contributed by atoms with E-state index >= 15 is 0 Å². The lowest BCUT2D eigenvalue weighted by Crippen LogP contribution is -2.53. The van der Waals surface area contributed by atoms with Crippen LogP contribution in [0.1, 0.15) is 15.9 Å². The normalized spacial score (nSPS) is 16.3. The molecule has 3 nitrogen and oxygen atoms in total. The Bertz CT molecular complexity index is 400. The number of β-amino-alcohol motifs (C(OH)–C–C–N with tert-alkyl or cyclic N) is 1. The summed E-state index contributed by atoms with van der Waals surface area (Å²) in [5.41, 5.74) is 1.71. The minimum absolute atomic E-state index is 0.0177. The lowest BCUT2D eigenvalue weighted by atomic mass is 10.1. The lowest BCUT2D eigenvalue weighted by Gasteiger charge is -2.36. The second kappa shape index (κ2) is 3.94. The fraction of sp³-hybridized carbons (Fsp3) is 0.364. The Kier molecular flexibility index (Phi) is 2.80. The summed E-state index contributed by atoms with van der Waals surface area (Å²) in [7, 11) is 0. The Morgan fingerprint density at radius 1 is 1.53 bits per heavy atom. The van der Waals surface area contributed by atoms with Crippen LogP contribution in [0.3, 0.4) is 0 Å². The molecule has 0 saturated carbocycles. The van der Waals surface area contributed by atoms with E-state index in [9.17, 15) is 4.79 Å². The summed E-state index contributed by atoms with van der Waals surface area (Å²) in [6.45, 7) is 2.84. The molecular weight excluding hydrogens is 258 g/mol. The second-order valence-corrected chi connectivity index (χ2v) is 4.59. The van der Waals surface area contributed by atoms with Gasteiger partial charge in [-0.1, -0.05) is 12.1 Å². The second-order valence-electron chi connectivity index (χ2n) is 3.80. The van der Waals surface area contributed by atoms with Crippen molar-refractivity contribution in [2.24, 2.45) is 0 Å². The number of aryl methyl sites for hydroxylation is 1. The quantitative estimate of drug-likeness (QED) is 0.841. The SMILES string of the molecule is Cc1cccc(C(=O)N2CC(O)C2)c1Br. The number of benzene rings is 1. The van der Waals surface area contributed by atoms with Gasteiger partial charge in [-0.3, -0.25) is 4.79 Å². The fourth-order valence-corrected chi connectivity index (χ4v) is 2.04. The fourth-order valence-electron chi connectivity index (χ4n) is 1.60. The molecule has 1 amide bonds. The third-order valence-corrected chi connectivity index (χ3v) is 3.62. The molecule has 0 atom stereocenters. The molecule has 1 aromatic rings. The number of halogens is 1. The molecule has 1 heterocycles. The number of amides is 1. The maximum absolute atomic E-state index is 11.9. The molecule has 2 rings (SSSR count). The Labute approximate surface area is 96.8 Å². The van der Waals surface area contributed by atoms with Crippen LogP contribution in [0.5, 0.6) is 0 Å². The third-order valence-electron chi connectivity index (χ3n) is 2.57. The first-order valence-electron chi connectivity index (χ1n) is 4.82. The minimum Gasteiger partial charge on any atom is -0.389 e. The Balaban J connectivity index is 2.22. The van der Waals surface area contributed by atoms with Gasteiger partial charge < -0.3 is 10.0 Å². The van der Waals surface area contributed by atoms with E-state index in [-0.39, 0.29) is 12.0 Å². The van der Waals surface area contributed by atoms with Crippen molar-refractivity contribution in [3.05, 3.63) is 33.8 Å². The van der Waals surface area contributed by atoms with Crippen LogP contribution in [-0.2, 0) is 0 Å². The van der Waals surface area contributed by atoms with Crippen molar-refractivity contribution in [3.8, 4) is 0 Å². The van der Waals surface area contributed by atoms with Gasteiger partial charge in [0.2, 0.25) is 0 Å². The van der Waals surface area contributed by atoms with Crippen molar-refractivity contribution in [1.29, 1.82) is 0 Å². The summed E-state index contributed by atoms with van der Waals surface area (Å²) in [5, 5.41) is 9.13. The number of nitrogens with zero attached hydrogens (tertiary/aromatic N) is 1. The van der Waals surface area contributed by atoms with Crippen LogP contribution >= 0.6 is 15.9 Å². The van der Waals surface area contributed by atoms with E-state index in [4.69, 9.17) is 5.11 Å². The standard InChI is InChI=1S/C11H12BrNO2/c1-7-3-2-4-9(10(7)12)11(15)13-5-8(14)6-13/h2-4,8,14H,5-6H2,1H3. The largest absolute Gasteiger partial charge is 0.389 e. The van der Waals surface area contributed by atoms with Gasteiger partial charge in [0.05, 0.1) is 11.7 Å². The molecule has 1 aliphatic heterocycles. The van der Waals surface area contributed by atoms with Gasteiger partial charge in [0.25, 0.3) is 5.91 Å². The van der Waals surface area contributed by atoms with Crippen molar-refractivity contribution in [2.45, 2.75) is 13.0 Å². The number of carbonyl (C=O) groups excluding carboxylic acids is 1. The topological polar surface area (TPSA) is 40.5 Å². The molecule has 1 aliphatic rings. The number of likely N-dealkylation sites (tertiary alicyclic amines) is 1. The van der Waals surface area contributed by atoms with Gasteiger partial charge in [0.1, 0.15) is 0 Å². The van der Waals surface area contributed by atoms with E-state index in [1.807, 2.05) is 19.1 Å². The molecule has 80 valence electrons. The van der Waals surface area contributed by atoms with Gasteiger partial charge in [-0.15, -0.1) is 0 Å². The third kappa shape index (κ3) is 1.92. The highest BCUT2D eigenvalue weighted by Gasteiger charge is 2.30. The Morgan fingerprint density at radius 3 is 2.80 bits per heavy atom. The van der Waals surface area contributed by atoms with Crippen LogP contribution in [0.25, 0.3) is 0 Å². The van der Waals surface area contributed by atoms with E-state index < -0.39 is 0 Å². The molecule has 1 aromatic carbocycles. The Hall–Kier alpha value is -0.870. The number of aliphatic hydroxyl groups excluding tert-OH is 1. The zero-order valence-electron chi connectivity index (χ0n) is 8.40. The number of hydrogen-bond acceptors (Lipinski definition) is 2. The highest BCUT2D eigenvalue weighted by molar-refractivity contribution is 9.10. The number of hydrogen-bond donors (Lipinski definition) is 1. The molecule has 0 aromatic heterocycles. The van der Waals surface area contributed by atoms with Crippen molar-refractivity contribution in [1.82, 2.24) is 4.90 Å². The summed E-state index contributed by atoms with van der Waals surface area (Å²) in [5.74, 6) is -0.0177. The molecule has 0 radical (unpaired) electrons. The van der Waals surface area contributed by atoms with Crippen LogP contribution in [0.4, 0.5) is 0 Å². The number of carbonyl (C=O) groups is 1. The summed E-state index contributed by atoms with van der Waals surface area (Å²) in [6, 6.07) is 5.61. The summed E-state index contributed by atoms with van der Waals surface area (Å²) >= 11 is 3.41. The zero-order valence-corrected chi connectivity index (χ0v) is 9.99.